The number of nitriles is 1. The fraction of sp³-hybridized carbons (Fsp3) is 0.444. The minimum atomic E-state index is -0.222. The third-order valence-corrected chi connectivity index (χ3v) is 1.71. The van der Waals surface area contributed by atoms with Crippen molar-refractivity contribution in [3.05, 3.63) is 24.2 Å². The zero-order chi connectivity index (χ0) is 9.19. The van der Waals surface area contributed by atoms with Crippen LogP contribution in [-0.2, 0) is 0 Å². The molecule has 0 fully saturated rings. The van der Waals surface area contributed by atoms with Crippen LogP contribution in [0.25, 0.3) is 0 Å². The Balaban J connectivity index is 0.00000144. The van der Waals surface area contributed by atoms with E-state index in [1.165, 1.54) is 0 Å². The molecule has 1 unspecified atom stereocenters. The van der Waals surface area contributed by atoms with E-state index in [-0.39, 0.29) is 18.4 Å². The van der Waals surface area contributed by atoms with Crippen LogP contribution >= 0.6 is 0 Å². The van der Waals surface area contributed by atoms with Crippen LogP contribution in [0.3, 0.4) is 0 Å². The van der Waals surface area contributed by atoms with E-state index in [1.54, 1.807) is 12.3 Å². The molecule has 4 heteroatoms. The van der Waals surface area contributed by atoms with Crippen LogP contribution < -0.4 is 12.4 Å². The molecule has 1 atom stereocenters. The van der Waals surface area contributed by atoms with Crippen LogP contribution in [0, 0.1) is 11.3 Å². The summed E-state index contributed by atoms with van der Waals surface area (Å²) in [5.41, 5.74) is 0. The van der Waals surface area contributed by atoms with Gasteiger partial charge in [-0.25, -0.2) is 0 Å². The quantitative estimate of drug-likeness (QED) is 0.548. The Morgan fingerprint density at radius 1 is 1.46 bits per heavy atom. The Morgan fingerprint density at radius 2 is 2.08 bits per heavy atom. The van der Waals surface area contributed by atoms with Gasteiger partial charge in [-0.3, -0.25) is 0 Å². The average molecular weight is 201 g/mol. The summed E-state index contributed by atoms with van der Waals surface area (Å²) in [6, 6.07) is 5.63. The van der Waals surface area contributed by atoms with Crippen LogP contribution in [0.5, 0.6) is 0 Å². The van der Waals surface area contributed by atoms with E-state index < -0.39 is 0 Å². The molecule has 0 bridgehead atoms. The molecular weight excluding hydrogens is 188 g/mol. The minimum Gasteiger partial charge on any atom is -1.00 e. The molecule has 0 N–H and O–H groups in total. The number of furan rings is 1. The number of hydrogen-bond donors (Lipinski definition) is 0. The van der Waals surface area contributed by atoms with Gasteiger partial charge in [-0.2, -0.15) is 5.26 Å². The molecule has 0 aliphatic carbocycles. The Labute approximate surface area is 84.6 Å². The summed E-state index contributed by atoms with van der Waals surface area (Å²) in [5.74, 6) is 0.727. The lowest BCUT2D eigenvalue weighted by molar-refractivity contribution is -0.894. The van der Waals surface area contributed by atoms with Crippen molar-refractivity contribution in [3.63, 3.8) is 0 Å². The van der Waals surface area contributed by atoms with Crippen molar-refractivity contribution >= 4 is 0 Å². The molecule has 0 saturated heterocycles. The van der Waals surface area contributed by atoms with E-state index in [0.29, 0.717) is 4.48 Å². The predicted octanol–water partition coefficient (Wildman–Crippen LogP) is -1.45. The van der Waals surface area contributed by atoms with Gasteiger partial charge in [0, 0.05) is 0 Å². The van der Waals surface area contributed by atoms with Gasteiger partial charge in [0.25, 0.3) is 0 Å². The van der Waals surface area contributed by atoms with E-state index in [4.69, 9.17) is 9.68 Å². The Hall–Kier alpha value is -0.980. The molecule has 1 aromatic rings. The zero-order valence-electron chi connectivity index (χ0n) is 7.99. The predicted molar refractivity (Wildman–Crippen MR) is 45.1 cm³/mol. The van der Waals surface area contributed by atoms with Crippen LogP contribution in [-0.4, -0.2) is 25.6 Å². The molecule has 0 amide bonds. The molecule has 0 aromatic carbocycles. The normalized spacial score (nSPS) is 12.8. The first-order chi connectivity index (χ1) is 5.55. The lowest BCUT2D eigenvalue weighted by atomic mass is 10.2. The van der Waals surface area contributed by atoms with Gasteiger partial charge in [0.05, 0.1) is 27.4 Å². The maximum atomic E-state index is 8.91. The summed E-state index contributed by atoms with van der Waals surface area (Å²) in [4.78, 5) is 0. The molecule has 1 aromatic heterocycles. The first kappa shape index (κ1) is 12.0. The van der Waals surface area contributed by atoms with E-state index in [2.05, 4.69) is 6.07 Å². The Bertz CT molecular complexity index is 282. The van der Waals surface area contributed by atoms with Gasteiger partial charge in [0.2, 0.25) is 6.04 Å². The molecular formula is C9H13ClN2O. The molecule has 0 spiro atoms. The molecule has 0 aliphatic heterocycles. The van der Waals surface area contributed by atoms with Gasteiger partial charge in [-0.05, 0) is 12.1 Å². The molecule has 13 heavy (non-hydrogen) atoms. The van der Waals surface area contributed by atoms with Crippen LogP contribution in [0.4, 0.5) is 0 Å². The van der Waals surface area contributed by atoms with Gasteiger partial charge in [0.1, 0.15) is 6.07 Å². The third kappa shape index (κ3) is 2.76. The topological polar surface area (TPSA) is 36.9 Å². The average Bonchev–Trinajstić information content (AvgIpc) is 2.38. The highest BCUT2D eigenvalue weighted by atomic mass is 35.5. The van der Waals surface area contributed by atoms with E-state index in [9.17, 15) is 0 Å². The van der Waals surface area contributed by atoms with E-state index in [1.807, 2.05) is 27.2 Å². The fourth-order valence-electron chi connectivity index (χ4n) is 1.07. The maximum absolute atomic E-state index is 8.91. The lowest BCUT2D eigenvalue weighted by Gasteiger charge is -2.27. The molecule has 0 aliphatic rings. The van der Waals surface area contributed by atoms with Crippen molar-refractivity contribution in [1.82, 2.24) is 0 Å². The molecule has 1 heterocycles. The second-order valence-corrected chi connectivity index (χ2v) is 3.66. The van der Waals surface area contributed by atoms with E-state index >= 15 is 0 Å². The van der Waals surface area contributed by atoms with Gasteiger partial charge in [-0.1, -0.05) is 0 Å². The monoisotopic (exact) mass is 200 g/mol. The highest BCUT2D eigenvalue weighted by molar-refractivity contribution is 5.09. The SMILES string of the molecule is C[N+](C)(C)C(C#N)c1ccco1.[Cl-]. The summed E-state index contributed by atoms with van der Waals surface area (Å²) in [5, 5.41) is 8.91. The summed E-state index contributed by atoms with van der Waals surface area (Å²) >= 11 is 0. The summed E-state index contributed by atoms with van der Waals surface area (Å²) in [7, 11) is 5.91. The highest BCUT2D eigenvalue weighted by Crippen LogP contribution is 2.22. The van der Waals surface area contributed by atoms with Gasteiger partial charge < -0.3 is 21.3 Å². The van der Waals surface area contributed by atoms with Crippen molar-refractivity contribution in [3.8, 4) is 6.07 Å². The smallest absolute Gasteiger partial charge is 0.234 e. The Morgan fingerprint density at radius 3 is 2.38 bits per heavy atom. The number of rotatable bonds is 2. The maximum Gasteiger partial charge on any atom is 0.234 e. The zero-order valence-corrected chi connectivity index (χ0v) is 8.75. The first-order valence-corrected chi connectivity index (χ1v) is 3.80. The molecule has 72 valence electrons. The third-order valence-electron chi connectivity index (χ3n) is 1.71. The standard InChI is InChI=1S/C9H13N2O.ClH/c1-11(2,3)8(7-10)9-5-4-6-12-9;/h4-6,8H,1-3H3;1H/q+1;/p-1. The second-order valence-electron chi connectivity index (χ2n) is 3.66. The van der Waals surface area contributed by atoms with Crippen LogP contribution in [0.2, 0.25) is 0 Å². The van der Waals surface area contributed by atoms with E-state index in [0.717, 1.165) is 5.76 Å². The van der Waals surface area contributed by atoms with Crippen molar-refractivity contribution in [1.29, 1.82) is 5.26 Å². The summed E-state index contributed by atoms with van der Waals surface area (Å²) in [6.45, 7) is 0. The first-order valence-electron chi connectivity index (χ1n) is 3.80. The molecule has 1 rings (SSSR count). The van der Waals surface area contributed by atoms with Crippen LogP contribution in [0.1, 0.15) is 11.8 Å². The van der Waals surface area contributed by atoms with Crippen molar-refractivity contribution < 1.29 is 21.3 Å². The largest absolute Gasteiger partial charge is 1.00 e. The van der Waals surface area contributed by atoms with Gasteiger partial charge in [-0.15, -0.1) is 0 Å². The summed E-state index contributed by atoms with van der Waals surface area (Å²) in [6.07, 6.45) is 1.59. The van der Waals surface area contributed by atoms with Gasteiger partial charge in [0.15, 0.2) is 5.76 Å². The molecule has 0 saturated carbocycles. The number of quaternary nitrogens is 1. The number of hydrogen-bond acceptors (Lipinski definition) is 2. The number of nitrogens with zero attached hydrogens (tertiary/aromatic N) is 2. The Kier molecular flexibility index (Phi) is 3.99. The van der Waals surface area contributed by atoms with Crippen molar-refractivity contribution in [2.45, 2.75) is 6.04 Å². The lowest BCUT2D eigenvalue weighted by Crippen LogP contribution is -3.00. The molecule has 0 radical (unpaired) electrons. The highest BCUT2D eigenvalue weighted by Gasteiger charge is 2.27. The fourth-order valence-corrected chi connectivity index (χ4v) is 1.07. The summed E-state index contributed by atoms with van der Waals surface area (Å²) < 4.78 is 5.73. The second kappa shape index (κ2) is 4.31. The van der Waals surface area contributed by atoms with Gasteiger partial charge >= 0.3 is 0 Å². The number of halogens is 1. The molecule has 3 nitrogen and oxygen atoms in total. The van der Waals surface area contributed by atoms with Crippen LogP contribution in [0.15, 0.2) is 22.8 Å². The minimum absolute atomic E-state index is 0. The van der Waals surface area contributed by atoms with Crippen molar-refractivity contribution in [2.24, 2.45) is 0 Å². The van der Waals surface area contributed by atoms with Crippen molar-refractivity contribution in [2.75, 3.05) is 21.1 Å².